The Morgan fingerprint density at radius 1 is 1.05 bits per heavy atom. The van der Waals surface area contributed by atoms with Gasteiger partial charge >= 0.3 is 0 Å². The van der Waals surface area contributed by atoms with Crippen LogP contribution in [-0.2, 0) is 0 Å². The van der Waals surface area contributed by atoms with Crippen LogP contribution in [-0.4, -0.2) is 9.55 Å². The molecule has 0 unspecified atom stereocenters. The number of hydrogen-bond acceptors (Lipinski definition) is 1. The highest BCUT2D eigenvalue weighted by molar-refractivity contribution is 7.71. The van der Waals surface area contributed by atoms with Gasteiger partial charge in [-0.3, -0.25) is 4.57 Å². The SMILES string of the molecule is Fc1ccc(-n2c(=S)[nH]c3cc(Cl)c(Cl)cc32)c(F)c1. The average Bonchev–Trinajstić information content (AvgIpc) is 2.66. The summed E-state index contributed by atoms with van der Waals surface area (Å²) in [5.41, 5.74) is 1.32. The van der Waals surface area contributed by atoms with Crippen molar-refractivity contribution in [1.29, 1.82) is 0 Å². The van der Waals surface area contributed by atoms with Crippen LogP contribution in [0.1, 0.15) is 0 Å². The van der Waals surface area contributed by atoms with Crippen LogP contribution in [0.2, 0.25) is 10.0 Å². The van der Waals surface area contributed by atoms with E-state index in [2.05, 4.69) is 4.98 Å². The van der Waals surface area contributed by atoms with Gasteiger partial charge in [-0.1, -0.05) is 23.2 Å². The lowest BCUT2D eigenvalue weighted by molar-refractivity contribution is 0.578. The number of benzene rings is 2. The Hall–Kier alpha value is -1.43. The van der Waals surface area contributed by atoms with Crippen molar-refractivity contribution in [3.63, 3.8) is 0 Å². The molecule has 1 aromatic heterocycles. The monoisotopic (exact) mass is 330 g/mol. The predicted octanol–water partition coefficient (Wildman–Crippen LogP) is 5.27. The molecule has 0 saturated carbocycles. The van der Waals surface area contributed by atoms with Gasteiger partial charge in [0.2, 0.25) is 0 Å². The number of nitrogens with one attached hydrogen (secondary N) is 1. The van der Waals surface area contributed by atoms with E-state index < -0.39 is 11.6 Å². The van der Waals surface area contributed by atoms with Gasteiger partial charge in [0.25, 0.3) is 0 Å². The molecule has 3 rings (SSSR count). The second kappa shape index (κ2) is 4.84. The lowest BCUT2D eigenvalue weighted by atomic mass is 10.2. The Kier molecular flexibility index (Phi) is 3.28. The van der Waals surface area contributed by atoms with E-state index in [9.17, 15) is 8.78 Å². The number of fused-ring (bicyclic) bond motifs is 1. The van der Waals surface area contributed by atoms with Crippen LogP contribution in [0, 0.1) is 16.4 Å². The van der Waals surface area contributed by atoms with Crippen molar-refractivity contribution in [3.05, 3.63) is 56.8 Å². The van der Waals surface area contributed by atoms with Crippen LogP contribution in [0.25, 0.3) is 16.7 Å². The number of aromatic amines is 1. The Morgan fingerprint density at radius 3 is 2.45 bits per heavy atom. The first kappa shape index (κ1) is 13.5. The lowest BCUT2D eigenvalue weighted by Crippen LogP contribution is -1.98. The Labute approximate surface area is 127 Å². The van der Waals surface area contributed by atoms with Crippen LogP contribution in [0.4, 0.5) is 8.78 Å². The van der Waals surface area contributed by atoms with Crippen LogP contribution < -0.4 is 0 Å². The fourth-order valence-electron chi connectivity index (χ4n) is 2.00. The van der Waals surface area contributed by atoms with E-state index >= 15 is 0 Å². The smallest absolute Gasteiger partial charge is 0.182 e. The topological polar surface area (TPSA) is 20.7 Å². The lowest BCUT2D eigenvalue weighted by Gasteiger charge is -2.06. The van der Waals surface area contributed by atoms with Gasteiger partial charge in [-0.25, -0.2) is 8.78 Å². The molecule has 20 heavy (non-hydrogen) atoms. The minimum absolute atomic E-state index is 0.140. The van der Waals surface area contributed by atoms with Crippen LogP contribution in [0.3, 0.4) is 0 Å². The summed E-state index contributed by atoms with van der Waals surface area (Å²) in [7, 11) is 0. The van der Waals surface area contributed by atoms with Gasteiger partial charge in [-0.15, -0.1) is 0 Å². The summed E-state index contributed by atoms with van der Waals surface area (Å²) in [6.07, 6.45) is 0. The summed E-state index contributed by atoms with van der Waals surface area (Å²) >= 11 is 17.1. The molecule has 0 radical (unpaired) electrons. The molecule has 0 atom stereocenters. The zero-order valence-corrected chi connectivity index (χ0v) is 12.1. The van der Waals surface area contributed by atoms with Crippen molar-refractivity contribution in [2.45, 2.75) is 0 Å². The van der Waals surface area contributed by atoms with Gasteiger partial charge in [0.1, 0.15) is 11.6 Å². The fraction of sp³-hybridized carbons (Fsp3) is 0. The molecule has 0 aliphatic carbocycles. The zero-order chi connectivity index (χ0) is 14.4. The molecule has 2 nitrogen and oxygen atoms in total. The number of halogens is 4. The Bertz CT molecular complexity index is 886. The third-order valence-electron chi connectivity index (χ3n) is 2.87. The highest BCUT2D eigenvalue weighted by Crippen LogP contribution is 2.29. The normalized spacial score (nSPS) is 11.2. The molecule has 0 saturated heterocycles. The van der Waals surface area contributed by atoms with Crippen LogP contribution in [0.5, 0.6) is 0 Å². The third kappa shape index (κ3) is 2.12. The van der Waals surface area contributed by atoms with E-state index in [1.807, 2.05) is 0 Å². The number of nitrogens with zero attached hydrogens (tertiary/aromatic N) is 1. The van der Waals surface area contributed by atoms with Crippen molar-refractivity contribution >= 4 is 46.5 Å². The van der Waals surface area contributed by atoms with Crippen LogP contribution >= 0.6 is 35.4 Å². The third-order valence-corrected chi connectivity index (χ3v) is 3.88. The first-order valence-electron chi connectivity index (χ1n) is 5.52. The molecule has 0 fully saturated rings. The summed E-state index contributed by atoms with van der Waals surface area (Å²) in [5, 5.41) is 0.687. The van der Waals surface area contributed by atoms with Gasteiger partial charge in [-0.05, 0) is 36.5 Å². The summed E-state index contributed by atoms with van der Waals surface area (Å²) in [5.74, 6) is -1.37. The minimum Gasteiger partial charge on any atom is -0.330 e. The van der Waals surface area contributed by atoms with Gasteiger partial charge in [0.05, 0.1) is 26.8 Å². The van der Waals surface area contributed by atoms with Crippen molar-refractivity contribution in [3.8, 4) is 5.69 Å². The molecule has 0 amide bonds. The number of imidazole rings is 1. The van der Waals surface area contributed by atoms with E-state index in [1.54, 1.807) is 12.1 Å². The molecule has 1 heterocycles. The molecule has 1 N–H and O–H groups in total. The van der Waals surface area contributed by atoms with Gasteiger partial charge in [0.15, 0.2) is 4.77 Å². The fourth-order valence-corrected chi connectivity index (χ4v) is 2.63. The predicted molar refractivity (Wildman–Crippen MR) is 78.4 cm³/mol. The van der Waals surface area contributed by atoms with Crippen LogP contribution in [0.15, 0.2) is 30.3 Å². The van der Waals surface area contributed by atoms with Crippen molar-refractivity contribution in [1.82, 2.24) is 9.55 Å². The second-order valence-electron chi connectivity index (χ2n) is 4.14. The average molecular weight is 331 g/mol. The van der Waals surface area contributed by atoms with Gasteiger partial charge < -0.3 is 4.98 Å². The number of aromatic nitrogens is 2. The summed E-state index contributed by atoms with van der Waals surface area (Å²) in [6, 6.07) is 6.46. The molecule has 0 bridgehead atoms. The van der Waals surface area contributed by atoms with E-state index in [0.29, 0.717) is 21.1 Å². The number of H-pyrrole nitrogens is 1. The quantitative estimate of drug-likeness (QED) is 0.602. The molecule has 0 spiro atoms. The molecule has 7 heteroatoms. The zero-order valence-electron chi connectivity index (χ0n) is 9.75. The summed E-state index contributed by atoms with van der Waals surface area (Å²) in [6.45, 7) is 0. The maximum Gasteiger partial charge on any atom is 0.182 e. The van der Waals surface area contributed by atoms with E-state index in [-0.39, 0.29) is 10.5 Å². The first-order chi connectivity index (χ1) is 9.47. The molecular formula is C13H6Cl2F2N2S. The number of hydrogen-bond donors (Lipinski definition) is 1. The van der Waals surface area contributed by atoms with Gasteiger partial charge in [0, 0.05) is 6.07 Å². The highest BCUT2D eigenvalue weighted by atomic mass is 35.5. The molecule has 2 aromatic carbocycles. The molecular weight excluding hydrogens is 325 g/mol. The van der Waals surface area contributed by atoms with Crippen molar-refractivity contribution in [2.75, 3.05) is 0 Å². The minimum atomic E-state index is -0.715. The standard InChI is InChI=1S/C13H6Cl2F2N2S/c14-7-4-10-12(5-8(7)15)19(13(20)18-10)11-2-1-6(16)3-9(11)17/h1-5H,(H,18,20). The number of rotatable bonds is 1. The maximum absolute atomic E-state index is 13.9. The van der Waals surface area contributed by atoms with Crippen molar-refractivity contribution in [2.24, 2.45) is 0 Å². The largest absolute Gasteiger partial charge is 0.330 e. The molecule has 0 aliphatic heterocycles. The first-order valence-corrected chi connectivity index (χ1v) is 6.69. The highest BCUT2D eigenvalue weighted by Gasteiger charge is 2.13. The van der Waals surface area contributed by atoms with E-state index in [1.165, 1.54) is 10.6 Å². The Balaban J connectivity index is 2.39. The van der Waals surface area contributed by atoms with Crippen molar-refractivity contribution < 1.29 is 8.78 Å². The molecule has 102 valence electrons. The summed E-state index contributed by atoms with van der Waals surface area (Å²) in [4.78, 5) is 2.91. The second-order valence-corrected chi connectivity index (χ2v) is 5.35. The Morgan fingerprint density at radius 2 is 1.75 bits per heavy atom. The van der Waals surface area contributed by atoms with Gasteiger partial charge in [-0.2, -0.15) is 0 Å². The molecule has 3 aromatic rings. The summed E-state index contributed by atoms with van der Waals surface area (Å²) < 4.78 is 28.6. The maximum atomic E-state index is 13.9. The molecule has 0 aliphatic rings. The van der Waals surface area contributed by atoms with E-state index in [4.69, 9.17) is 35.4 Å². The van der Waals surface area contributed by atoms with E-state index in [0.717, 1.165) is 12.1 Å².